The SMILES string of the molecule is [C-]#[N+]c1ccc(-c2ccn3c(=O)c(C(=O)O)cc(C4CC4)c3c2C)cc1F. The van der Waals surface area contributed by atoms with Crippen molar-refractivity contribution in [3.63, 3.8) is 0 Å². The Kier molecular flexibility index (Phi) is 3.81. The Morgan fingerprint density at radius 3 is 2.63 bits per heavy atom. The first-order chi connectivity index (χ1) is 12.9. The summed E-state index contributed by atoms with van der Waals surface area (Å²) in [5, 5.41) is 9.35. The van der Waals surface area contributed by atoms with Crippen LogP contribution in [-0.2, 0) is 0 Å². The van der Waals surface area contributed by atoms with Crippen molar-refractivity contribution in [1.29, 1.82) is 0 Å². The smallest absolute Gasteiger partial charge is 0.341 e. The minimum Gasteiger partial charge on any atom is -0.477 e. The van der Waals surface area contributed by atoms with Gasteiger partial charge >= 0.3 is 5.97 Å². The molecule has 0 spiro atoms. The number of nitrogens with zero attached hydrogens (tertiary/aromatic N) is 2. The molecule has 0 unspecified atom stereocenters. The second-order valence-corrected chi connectivity index (χ2v) is 6.75. The number of hydrogen-bond donors (Lipinski definition) is 1. The zero-order valence-corrected chi connectivity index (χ0v) is 14.5. The van der Waals surface area contributed by atoms with Crippen LogP contribution in [0.5, 0.6) is 0 Å². The molecule has 3 aromatic rings. The van der Waals surface area contributed by atoms with E-state index >= 15 is 0 Å². The average molecular weight is 362 g/mol. The van der Waals surface area contributed by atoms with Gasteiger partial charge in [-0.15, -0.1) is 0 Å². The quantitative estimate of drug-likeness (QED) is 0.696. The maximum atomic E-state index is 14.1. The molecule has 1 aliphatic rings. The molecule has 1 aromatic carbocycles. The van der Waals surface area contributed by atoms with Gasteiger partial charge in [-0.1, -0.05) is 12.1 Å². The fraction of sp³-hybridized carbons (Fsp3) is 0.190. The number of rotatable bonds is 3. The molecule has 1 N–H and O–H groups in total. The minimum atomic E-state index is -1.24. The summed E-state index contributed by atoms with van der Waals surface area (Å²) in [5.74, 6) is -1.61. The number of hydrogen-bond acceptors (Lipinski definition) is 2. The van der Waals surface area contributed by atoms with Crippen LogP contribution in [0.25, 0.3) is 21.5 Å². The largest absolute Gasteiger partial charge is 0.477 e. The van der Waals surface area contributed by atoms with Crippen molar-refractivity contribution in [1.82, 2.24) is 4.40 Å². The number of benzene rings is 1. The summed E-state index contributed by atoms with van der Waals surface area (Å²) in [7, 11) is 0. The number of aromatic carboxylic acids is 1. The predicted molar refractivity (Wildman–Crippen MR) is 99.0 cm³/mol. The number of carboxylic acid groups (broad SMARTS) is 1. The van der Waals surface area contributed by atoms with Crippen LogP contribution in [-0.4, -0.2) is 15.5 Å². The van der Waals surface area contributed by atoms with Crippen molar-refractivity contribution < 1.29 is 14.3 Å². The van der Waals surface area contributed by atoms with Crippen LogP contribution in [0.4, 0.5) is 10.1 Å². The molecular formula is C21H15FN2O3. The fourth-order valence-corrected chi connectivity index (χ4v) is 3.53. The lowest BCUT2D eigenvalue weighted by molar-refractivity contribution is 0.0694. The molecule has 4 rings (SSSR count). The van der Waals surface area contributed by atoms with Gasteiger partial charge in [-0.2, -0.15) is 0 Å². The summed E-state index contributed by atoms with van der Waals surface area (Å²) < 4.78 is 15.4. The van der Waals surface area contributed by atoms with Gasteiger partial charge in [0.1, 0.15) is 11.4 Å². The van der Waals surface area contributed by atoms with Crippen LogP contribution in [0.2, 0.25) is 0 Å². The Morgan fingerprint density at radius 1 is 1.30 bits per heavy atom. The number of halogens is 1. The van der Waals surface area contributed by atoms with Crippen molar-refractivity contribution in [2.45, 2.75) is 25.7 Å². The highest BCUT2D eigenvalue weighted by Gasteiger charge is 2.29. The number of carboxylic acids is 1. The van der Waals surface area contributed by atoms with Gasteiger partial charge in [0.05, 0.1) is 12.1 Å². The molecule has 1 fully saturated rings. The van der Waals surface area contributed by atoms with E-state index in [0.717, 1.165) is 29.5 Å². The molecule has 1 saturated carbocycles. The number of fused-ring (bicyclic) bond motifs is 1. The summed E-state index contributed by atoms with van der Waals surface area (Å²) in [5.41, 5.74) is 2.79. The summed E-state index contributed by atoms with van der Waals surface area (Å²) in [4.78, 5) is 27.2. The second-order valence-electron chi connectivity index (χ2n) is 6.75. The molecule has 1 aliphatic carbocycles. The van der Waals surface area contributed by atoms with E-state index in [1.807, 2.05) is 6.92 Å². The Hall–Kier alpha value is -3.46. The standard InChI is InChI=1S/C21H15FN2O3/c1-11-14(13-5-6-18(23-2)17(22)9-13)7-8-24-19(11)15(12-3-4-12)10-16(20(24)25)21(26)27/h5-10,12H,3-4H2,1H3,(H,26,27). The third-order valence-electron chi connectivity index (χ3n) is 5.04. The molecule has 5 nitrogen and oxygen atoms in total. The molecule has 2 heterocycles. The van der Waals surface area contributed by atoms with E-state index in [-0.39, 0.29) is 17.2 Å². The number of aryl methyl sites for hydroxylation is 1. The summed E-state index contributed by atoms with van der Waals surface area (Å²) >= 11 is 0. The Bertz CT molecular complexity index is 1220. The molecule has 134 valence electrons. The van der Waals surface area contributed by atoms with Gasteiger partial charge in [0.25, 0.3) is 5.56 Å². The first-order valence-electron chi connectivity index (χ1n) is 8.52. The molecule has 0 amide bonds. The van der Waals surface area contributed by atoms with E-state index in [0.29, 0.717) is 11.1 Å². The molecule has 27 heavy (non-hydrogen) atoms. The molecule has 0 aliphatic heterocycles. The molecule has 0 bridgehead atoms. The normalized spacial score (nSPS) is 13.5. The van der Waals surface area contributed by atoms with Crippen LogP contribution >= 0.6 is 0 Å². The van der Waals surface area contributed by atoms with Crippen LogP contribution in [0, 0.1) is 19.3 Å². The van der Waals surface area contributed by atoms with Gasteiger partial charge in [-0.25, -0.2) is 14.0 Å². The third kappa shape index (κ3) is 2.68. The van der Waals surface area contributed by atoms with Crippen molar-refractivity contribution in [3.8, 4) is 11.1 Å². The molecule has 2 aromatic heterocycles. The molecule has 6 heteroatoms. The lowest BCUT2D eigenvalue weighted by Gasteiger charge is -2.15. The maximum absolute atomic E-state index is 14.1. The van der Waals surface area contributed by atoms with Gasteiger partial charge in [0.2, 0.25) is 5.69 Å². The lowest BCUT2D eigenvalue weighted by atomic mass is 9.96. The van der Waals surface area contributed by atoms with Crippen LogP contribution in [0.3, 0.4) is 0 Å². The van der Waals surface area contributed by atoms with Crippen LogP contribution < -0.4 is 5.56 Å². The second kappa shape index (κ2) is 6.06. The highest BCUT2D eigenvalue weighted by Crippen LogP contribution is 2.43. The topological polar surface area (TPSA) is 63.1 Å². The van der Waals surface area contributed by atoms with Crippen LogP contribution in [0.15, 0.2) is 41.3 Å². The predicted octanol–water partition coefficient (Wildman–Crippen LogP) is 4.54. The van der Waals surface area contributed by atoms with E-state index < -0.39 is 17.3 Å². The Morgan fingerprint density at radius 2 is 2.04 bits per heavy atom. The summed E-state index contributed by atoms with van der Waals surface area (Å²) in [6, 6.07) is 7.58. The van der Waals surface area contributed by atoms with Crippen molar-refractivity contribution in [3.05, 3.63) is 80.8 Å². The van der Waals surface area contributed by atoms with Gasteiger partial charge in [-0.3, -0.25) is 9.20 Å². The van der Waals surface area contributed by atoms with Gasteiger partial charge in [0.15, 0.2) is 0 Å². The summed E-state index contributed by atoms with van der Waals surface area (Å²) in [6.07, 6.45) is 3.44. The fourth-order valence-electron chi connectivity index (χ4n) is 3.53. The Balaban J connectivity index is 2.02. The van der Waals surface area contributed by atoms with Crippen LogP contribution in [0.1, 0.15) is 40.2 Å². The van der Waals surface area contributed by atoms with E-state index in [1.54, 1.807) is 18.3 Å². The highest BCUT2D eigenvalue weighted by molar-refractivity contribution is 5.89. The van der Waals surface area contributed by atoms with Gasteiger partial charge < -0.3 is 5.11 Å². The van der Waals surface area contributed by atoms with E-state index in [1.165, 1.54) is 22.6 Å². The highest BCUT2D eigenvalue weighted by atomic mass is 19.1. The van der Waals surface area contributed by atoms with E-state index in [2.05, 4.69) is 4.85 Å². The van der Waals surface area contributed by atoms with Crippen molar-refractivity contribution >= 4 is 17.2 Å². The zero-order chi connectivity index (χ0) is 19.3. The third-order valence-corrected chi connectivity index (χ3v) is 5.04. The van der Waals surface area contributed by atoms with E-state index in [4.69, 9.17) is 6.57 Å². The first-order valence-corrected chi connectivity index (χ1v) is 8.52. The molecule has 0 atom stereocenters. The van der Waals surface area contributed by atoms with Crippen molar-refractivity contribution in [2.75, 3.05) is 0 Å². The maximum Gasteiger partial charge on any atom is 0.341 e. The minimum absolute atomic E-state index is 0.0434. The summed E-state index contributed by atoms with van der Waals surface area (Å²) in [6.45, 7) is 8.81. The lowest BCUT2D eigenvalue weighted by Crippen LogP contribution is -2.23. The van der Waals surface area contributed by atoms with E-state index in [9.17, 15) is 19.1 Å². The number of carbonyl (C=O) groups is 1. The van der Waals surface area contributed by atoms with Gasteiger partial charge in [-0.05, 0) is 66.1 Å². The van der Waals surface area contributed by atoms with Gasteiger partial charge in [0, 0.05) is 6.20 Å². The first kappa shape index (κ1) is 17.0. The monoisotopic (exact) mass is 362 g/mol. The molecule has 0 saturated heterocycles. The number of pyridine rings is 2. The zero-order valence-electron chi connectivity index (χ0n) is 14.5. The van der Waals surface area contributed by atoms with Crippen molar-refractivity contribution in [2.24, 2.45) is 0 Å². The molecular weight excluding hydrogens is 347 g/mol. The Labute approximate surface area is 154 Å². The molecule has 0 radical (unpaired) electrons. The average Bonchev–Trinajstić information content (AvgIpc) is 3.47. The number of aromatic nitrogens is 1.